The normalized spacial score (nSPS) is 42.9. The molecule has 0 aromatic rings. The van der Waals surface area contributed by atoms with Gasteiger partial charge < -0.3 is 4.79 Å². The molecule has 0 spiro atoms. The summed E-state index contributed by atoms with van der Waals surface area (Å²) in [7, 11) is 0. The SMILES string of the molecule is N#CC[C@H]1[C@H](C=O)[C@@H]2C=C[C@H]1C2. The van der Waals surface area contributed by atoms with Gasteiger partial charge in [-0.1, -0.05) is 12.2 Å². The maximum atomic E-state index is 10.7. The van der Waals surface area contributed by atoms with E-state index in [-0.39, 0.29) is 5.92 Å². The largest absolute Gasteiger partial charge is 0.303 e. The van der Waals surface area contributed by atoms with E-state index in [4.69, 9.17) is 5.26 Å². The van der Waals surface area contributed by atoms with Gasteiger partial charge in [-0.2, -0.15) is 5.26 Å². The van der Waals surface area contributed by atoms with Gasteiger partial charge >= 0.3 is 0 Å². The Kier molecular flexibility index (Phi) is 1.73. The maximum absolute atomic E-state index is 10.7. The second-order valence-corrected chi connectivity index (χ2v) is 3.69. The summed E-state index contributed by atoms with van der Waals surface area (Å²) in [5.74, 6) is 1.37. The van der Waals surface area contributed by atoms with E-state index in [1.165, 1.54) is 0 Å². The predicted molar refractivity (Wildman–Crippen MR) is 44.0 cm³/mol. The molecular formula is C10H11NO. The quantitative estimate of drug-likeness (QED) is 0.455. The lowest BCUT2D eigenvalue weighted by Crippen LogP contribution is -2.20. The Balaban J connectivity index is 2.18. The van der Waals surface area contributed by atoms with Crippen molar-refractivity contribution in [2.24, 2.45) is 23.7 Å². The highest BCUT2D eigenvalue weighted by Gasteiger charge is 2.43. The van der Waals surface area contributed by atoms with Crippen molar-refractivity contribution >= 4 is 6.29 Å². The van der Waals surface area contributed by atoms with Gasteiger partial charge in [0.15, 0.2) is 0 Å². The van der Waals surface area contributed by atoms with Crippen LogP contribution in [0.2, 0.25) is 0 Å². The Morgan fingerprint density at radius 2 is 2.25 bits per heavy atom. The van der Waals surface area contributed by atoms with E-state index < -0.39 is 0 Å². The summed E-state index contributed by atoms with van der Waals surface area (Å²) in [4.78, 5) is 10.7. The van der Waals surface area contributed by atoms with Crippen molar-refractivity contribution in [3.8, 4) is 6.07 Å². The lowest BCUT2D eigenvalue weighted by atomic mass is 9.82. The predicted octanol–water partition coefficient (Wildman–Crippen LogP) is 1.54. The number of allylic oxidation sites excluding steroid dienone is 2. The molecular weight excluding hydrogens is 150 g/mol. The molecule has 0 aromatic carbocycles. The van der Waals surface area contributed by atoms with Gasteiger partial charge in [-0.05, 0) is 24.2 Å². The van der Waals surface area contributed by atoms with Crippen LogP contribution >= 0.6 is 0 Å². The van der Waals surface area contributed by atoms with Crippen molar-refractivity contribution in [3.05, 3.63) is 12.2 Å². The van der Waals surface area contributed by atoms with E-state index in [0.717, 1.165) is 12.7 Å². The number of carbonyl (C=O) groups is 1. The van der Waals surface area contributed by atoms with Gasteiger partial charge in [0.2, 0.25) is 0 Å². The number of nitriles is 1. The lowest BCUT2D eigenvalue weighted by Gasteiger charge is -2.20. The zero-order chi connectivity index (χ0) is 8.55. The lowest BCUT2D eigenvalue weighted by molar-refractivity contribution is -0.112. The molecule has 0 amide bonds. The van der Waals surface area contributed by atoms with Crippen LogP contribution in [0.25, 0.3) is 0 Å². The summed E-state index contributed by atoms with van der Waals surface area (Å²) >= 11 is 0. The Morgan fingerprint density at radius 3 is 2.92 bits per heavy atom. The molecule has 2 aliphatic rings. The topological polar surface area (TPSA) is 40.9 Å². The van der Waals surface area contributed by atoms with Crippen LogP contribution in [0.5, 0.6) is 0 Å². The average Bonchev–Trinajstić information content (AvgIpc) is 2.64. The van der Waals surface area contributed by atoms with Gasteiger partial charge in [0.1, 0.15) is 6.29 Å². The van der Waals surface area contributed by atoms with E-state index in [9.17, 15) is 4.79 Å². The van der Waals surface area contributed by atoms with Crippen LogP contribution in [-0.2, 0) is 4.79 Å². The number of nitrogens with zero attached hydrogens (tertiary/aromatic N) is 1. The Labute approximate surface area is 71.9 Å². The van der Waals surface area contributed by atoms with Crippen molar-refractivity contribution in [1.82, 2.24) is 0 Å². The Bertz CT molecular complexity index is 264. The van der Waals surface area contributed by atoms with E-state index in [2.05, 4.69) is 18.2 Å². The van der Waals surface area contributed by atoms with E-state index >= 15 is 0 Å². The van der Waals surface area contributed by atoms with Crippen LogP contribution in [0.15, 0.2) is 12.2 Å². The summed E-state index contributed by atoms with van der Waals surface area (Å²) in [6, 6.07) is 2.17. The van der Waals surface area contributed by atoms with Crippen molar-refractivity contribution < 1.29 is 4.79 Å². The Hall–Kier alpha value is -1.10. The second-order valence-electron chi connectivity index (χ2n) is 3.69. The van der Waals surface area contributed by atoms with Gasteiger partial charge in [0.05, 0.1) is 6.07 Å². The number of rotatable bonds is 2. The van der Waals surface area contributed by atoms with Crippen molar-refractivity contribution in [1.29, 1.82) is 5.26 Å². The standard InChI is InChI=1S/C10H11NO/c11-4-3-9-7-1-2-8(5-7)10(9)6-12/h1-2,6-10H,3,5H2/t7-,8+,9+,10+/m0/s1. The summed E-state index contributed by atoms with van der Waals surface area (Å²) in [6.45, 7) is 0. The molecule has 0 heterocycles. The first-order valence-corrected chi connectivity index (χ1v) is 4.37. The van der Waals surface area contributed by atoms with Gasteiger partial charge in [0.25, 0.3) is 0 Å². The number of hydrogen-bond acceptors (Lipinski definition) is 2. The summed E-state index contributed by atoms with van der Waals surface area (Å²) < 4.78 is 0. The number of hydrogen-bond donors (Lipinski definition) is 0. The molecule has 0 aromatic heterocycles. The van der Waals surface area contributed by atoms with Crippen LogP contribution in [0.1, 0.15) is 12.8 Å². The molecule has 1 saturated carbocycles. The highest BCUT2D eigenvalue weighted by molar-refractivity contribution is 5.57. The Morgan fingerprint density at radius 1 is 1.50 bits per heavy atom. The van der Waals surface area contributed by atoms with Gasteiger partial charge in [0, 0.05) is 12.3 Å². The van der Waals surface area contributed by atoms with Crippen LogP contribution in [0.3, 0.4) is 0 Å². The van der Waals surface area contributed by atoms with Crippen LogP contribution in [0, 0.1) is 35.0 Å². The first kappa shape index (κ1) is 7.54. The summed E-state index contributed by atoms with van der Waals surface area (Å²) in [6.07, 6.45) is 6.98. The molecule has 0 saturated heterocycles. The molecule has 2 rings (SSSR count). The summed E-state index contributed by atoms with van der Waals surface area (Å²) in [5.41, 5.74) is 0. The minimum absolute atomic E-state index is 0.125. The highest BCUT2D eigenvalue weighted by atomic mass is 16.1. The molecule has 12 heavy (non-hydrogen) atoms. The fourth-order valence-electron chi connectivity index (χ4n) is 2.56. The zero-order valence-corrected chi connectivity index (χ0v) is 6.81. The molecule has 0 N–H and O–H groups in total. The molecule has 4 atom stereocenters. The monoisotopic (exact) mass is 161 g/mol. The number of carbonyl (C=O) groups excluding carboxylic acids is 1. The average molecular weight is 161 g/mol. The molecule has 0 aliphatic heterocycles. The third-order valence-corrected chi connectivity index (χ3v) is 3.17. The molecule has 0 radical (unpaired) electrons. The van der Waals surface area contributed by atoms with Crippen LogP contribution in [0.4, 0.5) is 0 Å². The van der Waals surface area contributed by atoms with E-state index in [1.54, 1.807) is 0 Å². The molecule has 2 bridgehead atoms. The smallest absolute Gasteiger partial charge is 0.123 e. The van der Waals surface area contributed by atoms with Crippen molar-refractivity contribution in [2.75, 3.05) is 0 Å². The molecule has 1 fully saturated rings. The van der Waals surface area contributed by atoms with Gasteiger partial charge in [-0.25, -0.2) is 0 Å². The van der Waals surface area contributed by atoms with Crippen LogP contribution in [-0.4, -0.2) is 6.29 Å². The van der Waals surface area contributed by atoms with E-state index in [0.29, 0.717) is 24.2 Å². The first-order chi connectivity index (χ1) is 5.86. The zero-order valence-electron chi connectivity index (χ0n) is 6.81. The van der Waals surface area contributed by atoms with Crippen molar-refractivity contribution in [2.45, 2.75) is 12.8 Å². The third-order valence-electron chi connectivity index (χ3n) is 3.17. The fraction of sp³-hybridized carbons (Fsp3) is 0.600. The number of fused-ring (bicyclic) bond motifs is 2. The molecule has 2 aliphatic carbocycles. The minimum Gasteiger partial charge on any atom is -0.303 e. The van der Waals surface area contributed by atoms with E-state index in [1.807, 2.05) is 0 Å². The molecule has 62 valence electrons. The molecule has 2 nitrogen and oxygen atoms in total. The highest BCUT2D eigenvalue weighted by Crippen LogP contribution is 2.48. The molecule has 0 unspecified atom stereocenters. The first-order valence-electron chi connectivity index (χ1n) is 4.37. The molecule has 2 heteroatoms. The second kappa shape index (κ2) is 2.75. The third kappa shape index (κ3) is 0.896. The van der Waals surface area contributed by atoms with Gasteiger partial charge in [-0.15, -0.1) is 0 Å². The fourth-order valence-corrected chi connectivity index (χ4v) is 2.56. The van der Waals surface area contributed by atoms with Crippen molar-refractivity contribution in [3.63, 3.8) is 0 Å². The minimum atomic E-state index is 0.125. The number of aldehydes is 1. The summed E-state index contributed by atoms with van der Waals surface area (Å²) in [5, 5.41) is 8.58. The van der Waals surface area contributed by atoms with Crippen LogP contribution < -0.4 is 0 Å². The maximum Gasteiger partial charge on any atom is 0.123 e. The van der Waals surface area contributed by atoms with Gasteiger partial charge in [-0.3, -0.25) is 0 Å².